The summed E-state index contributed by atoms with van der Waals surface area (Å²) in [4.78, 5) is 0. The highest BCUT2D eigenvalue weighted by molar-refractivity contribution is 5.55. The Labute approximate surface area is 49.1 Å². The zero-order valence-corrected chi connectivity index (χ0v) is 4.94. The first-order valence-corrected chi connectivity index (χ1v) is 2.43. The molecular weight excluding hydrogens is 102 g/mol. The largest absolute Gasteiger partial charge is 0.386 e. The maximum Gasteiger partial charge on any atom is 0.0920 e. The second-order valence-electron chi connectivity index (χ2n) is 1.35. The van der Waals surface area contributed by atoms with Crippen molar-refractivity contribution in [2.75, 3.05) is 7.05 Å². The third kappa shape index (κ3) is 3.21. The molecule has 0 heterocycles. The van der Waals surface area contributed by atoms with Gasteiger partial charge in [0, 0.05) is 13.5 Å². The van der Waals surface area contributed by atoms with Crippen LogP contribution in [0, 0.1) is 5.41 Å². The SMILES string of the molecule is CN/C(N)=C\CC=N. The molecule has 0 saturated carbocycles. The normalized spacial score (nSPS) is 10.9. The van der Waals surface area contributed by atoms with Gasteiger partial charge in [0.1, 0.15) is 0 Å². The van der Waals surface area contributed by atoms with E-state index in [0.717, 1.165) is 0 Å². The van der Waals surface area contributed by atoms with Gasteiger partial charge in [0.2, 0.25) is 0 Å². The third-order valence-electron chi connectivity index (χ3n) is 0.744. The van der Waals surface area contributed by atoms with Crippen molar-refractivity contribution in [1.29, 1.82) is 5.41 Å². The number of nitrogens with two attached hydrogens (primary N) is 1. The average molecular weight is 113 g/mol. The van der Waals surface area contributed by atoms with E-state index in [1.807, 2.05) is 0 Å². The second-order valence-corrected chi connectivity index (χ2v) is 1.35. The molecule has 0 aromatic heterocycles. The van der Waals surface area contributed by atoms with Crippen LogP contribution >= 0.6 is 0 Å². The maximum absolute atomic E-state index is 6.62. The van der Waals surface area contributed by atoms with E-state index in [4.69, 9.17) is 11.1 Å². The summed E-state index contributed by atoms with van der Waals surface area (Å²) in [7, 11) is 1.75. The minimum atomic E-state index is 0.604. The Kier molecular flexibility index (Phi) is 3.66. The van der Waals surface area contributed by atoms with Gasteiger partial charge in [-0.05, 0) is 12.3 Å². The van der Waals surface area contributed by atoms with E-state index in [2.05, 4.69) is 5.32 Å². The summed E-state index contributed by atoms with van der Waals surface area (Å²) in [6, 6.07) is 0. The maximum atomic E-state index is 6.62. The van der Waals surface area contributed by atoms with E-state index >= 15 is 0 Å². The molecule has 4 N–H and O–H groups in total. The number of hydrogen-bond acceptors (Lipinski definition) is 3. The molecule has 0 rings (SSSR count). The predicted molar refractivity (Wildman–Crippen MR) is 34.7 cm³/mol. The molecule has 3 heteroatoms. The van der Waals surface area contributed by atoms with Crippen LogP contribution in [0.5, 0.6) is 0 Å². The first-order chi connectivity index (χ1) is 3.81. The molecule has 0 bridgehead atoms. The first kappa shape index (κ1) is 7.01. The summed E-state index contributed by atoms with van der Waals surface area (Å²) < 4.78 is 0. The van der Waals surface area contributed by atoms with E-state index < -0.39 is 0 Å². The average Bonchev–Trinajstić information content (AvgIpc) is 1.83. The fourth-order valence-corrected chi connectivity index (χ4v) is 0.288. The van der Waals surface area contributed by atoms with Gasteiger partial charge in [-0.25, -0.2) is 0 Å². The van der Waals surface area contributed by atoms with Crippen LogP contribution in [0.1, 0.15) is 6.42 Å². The molecule has 0 aliphatic heterocycles. The minimum Gasteiger partial charge on any atom is -0.386 e. The van der Waals surface area contributed by atoms with Crippen LogP contribution in [0.2, 0.25) is 0 Å². The van der Waals surface area contributed by atoms with E-state index in [1.54, 1.807) is 13.1 Å². The van der Waals surface area contributed by atoms with E-state index in [1.165, 1.54) is 6.21 Å². The molecule has 46 valence electrons. The first-order valence-electron chi connectivity index (χ1n) is 2.43. The lowest BCUT2D eigenvalue weighted by atomic mass is 10.4. The van der Waals surface area contributed by atoms with E-state index in [-0.39, 0.29) is 0 Å². The highest BCUT2D eigenvalue weighted by Crippen LogP contribution is 1.77. The third-order valence-corrected chi connectivity index (χ3v) is 0.744. The van der Waals surface area contributed by atoms with E-state index in [0.29, 0.717) is 12.2 Å². The van der Waals surface area contributed by atoms with Crippen molar-refractivity contribution in [2.24, 2.45) is 5.73 Å². The van der Waals surface area contributed by atoms with Gasteiger partial charge in [-0.1, -0.05) is 0 Å². The molecule has 0 fully saturated rings. The fourth-order valence-electron chi connectivity index (χ4n) is 0.288. The molecule has 0 aromatic rings. The molecule has 0 amide bonds. The zero-order valence-electron chi connectivity index (χ0n) is 4.94. The lowest BCUT2D eigenvalue weighted by molar-refractivity contribution is 0.955. The summed E-state index contributed by atoms with van der Waals surface area (Å²) in [6.07, 6.45) is 3.64. The van der Waals surface area contributed by atoms with Gasteiger partial charge in [-0.15, -0.1) is 0 Å². The molecule has 0 atom stereocenters. The highest BCUT2D eigenvalue weighted by atomic mass is 14.9. The monoisotopic (exact) mass is 113 g/mol. The lowest BCUT2D eigenvalue weighted by Crippen LogP contribution is -2.14. The molecule has 0 aromatic carbocycles. The number of allylic oxidation sites excluding steroid dienone is 1. The van der Waals surface area contributed by atoms with Gasteiger partial charge in [-0.2, -0.15) is 0 Å². The minimum absolute atomic E-state index is 0.604. The Balaban J connectivity index is 3.40. The zero-order chi connectivity index (χ0) is 6.41. The highest BCUT2D eigenvalue weighted by Gasteiger charge is 1.76. The van der Waals surface area contributed by atoms with Gasteiger partial charge < -0.3 is 16.5 Å². The second kappa shape index (κ2) is 4.18. The Morgan fingerprint density at radius 1 is 1.88 bits per heavy atom. The smallest absolute Gasteiger partial charge is 0.0920 e. The Morgan fingerprint density at radius 2 is 2.50 bits per heavy atom. The molecule has 0 aliphatic rings. The summed E-state index contributed by atoms with van der Waals surface area (Å²) in [5, 5.41) is 9.35. The molecule has 8 heavy (non-hydrogen) atoms. The van der Waals surface area contributed by atoms with Crippen LogP contribution in [-0.4, -0.2) is 13.3 Å². The van der Waals surface area contributed by atoms with Crippen LogP contribution in [0.3, 0.4) is 0 Å². The van der Waals surface area contributed by atoms with Gasteiger partial charge in [0.15, 0.2) is 0 Å². The lowest BCUT2D eigenvalue weighted by Gasteiger charge is -1.94. The van der Waals surface area contributed by atoms with Crippen LogP contribution < -0.4 is 11.1 Å². The molecule has 0 aliphatic carbocycles. The van der Waals surface area contributed by atoms with Gasteiger partial charge in [-0.3, -0.25) is 0 Å². The summed E-state index contributed by atoms with van der Waals surface area (Å²) in [5.41, 5.74) is 5.31. The number of hydrogen-bond donors (Lipinski definition) is 3. The van der Waals surface area contributed by atoms with Crippen LogP contribution in [-0.2, 0) is 0 Å². The van der Waals surface area contributed by atoms with Crippen molar-refractivity contribution in [3.63, 3.8) is 0 Å². The number of rotatable bonds is 3. The Morgan fingerprint density at radius 3 is 2.88 bits per heavy atom. The van der Waals surface area contributed by atoms with Crippen molar-refractivity contribution in [2.45, 2.75) is 6.42 Å². The van der Waals surface area contributed by atoms with Crippen molar-refractivity contribution in [3.8, 4) is 0 Å². The predicted octanol–water partition coefficient (Wildman–Crippen LogP) is 0.0456. The van der Waals surface area contributed by atoms with Crippen molar-refractivity contribution in [3.05, 3.63) is 11.9 Å². The quantitative estimate of drug-likeness (QED) is 0.453. The molecule has 3 nitrogen and oxygen atoms in total. The summed E-state index contributed by atoms with van der Waals surface area (Å²) in [6.45, 7) is 0. The Bertz CT molecular complexity index is 95.8. The van der Waals surface area contributed by atoms with Crippen molar-refractivity contribution in [1.82, 2.24) is 5.32 Å². The van der Waals surface area contributed by atoms with Crippen molar-refractivity contribution >= 4 is 6.21 Å². The van der Waals surface area contributed by atoms with Crippen LogP contribution in [0.25, 0.3) is 0 Å². The number of nitrogens with one attached hydrogen (secondary N) is 2. The van der Waals surface area contributed by atoms with Gasteiger partial charge >= 0.3 is 0 Å². The molecule has 0 unspecified atom stereocenters. The van der Waals surface area contributed by atoms with Crippen LogP contribution in [0.15, 0.2) is 11.9 Å². The summed E-state index contributed by atoms with van der Waals surface area (Å²) in [5.74, 6) is 0.619. The van der Waals surface area contributed by atoms with Crippen molar-refractivity contribution < 1.29 is 0 Å². The Hall–Kier alpha value is -0.990. The topological polar surface area (TPSA) is 61.9 Å². The molecular formula is C5H11N3. The summed E-state index contributed by atoms with van der Waals surface area (Å²) >= 11 is 0. The van der Waals surface area contributed by atoms with E-state index in [9.17, 15) is 0 Å². The molecule has 0 saturated heterocycles. The fraction of sp³-hybridized carbons (Fsp3) is 0.400. The van der Waals surface area contributed by atoms with Gasteiger partial charge in [0.05, 0.1) is 5.82 Å². The molecule has 0 radical (unpaired) electrons. The van der Waals surface area contributed by atoms with Crippen LogP contribution in [0.4, 0.5) is 0 Å². The van der Waals surface area contributed by atoms with Gasteiger partial charge in [0.25, 0.3) is 0 Å². The standard InChI is InChI=1S/C5H11N3/c1-8-5(7)3-2-4-6/h3-4,6,8H,2,7H2,1H3/b5-3-,6-4?. The molecule has 0 spiro atoms.